The Morgan fingerprint density at radius 1 is 1.28 bits per heavy atom. The number of carbonyl (C=O) groups excluding carboxylic acids is 1. The van der Waals surface area contributed by atoms with Gasteiger partial charge in [-0.15, -0.1) is 0 Å². The molecule has 1 saturated carbocycles. The summed E-state index contributed by atoms with van der Waals surface area (Å²) < 4.78 is 0. The van der Waals surface area contributed by atoms with Gasteiger partial charge in [0.25, 0.3) is 5.91 Å². The molecule has 0 aliphatic heterocycles. The Morgan fingerprint density at radius 3 is 2.72 bits per heavy atom. The first-order valence-corrected chi connectivity index (χ1v) is 6.85. The first-order chi connectivity index (χ1) is 8.59. The number of benzene rings is 1. The van der Waals surface area contributed by atoms with Crippen molar-refractivity contribution in [1.82, 2.24) is 5.32 Å². The number of halogens is 2. The van der Waals surface area contributed by atoms with Crippen LogP contribution in [0.25, 0.3) is 0 Å². The SMILES string of the molecule is NC1CCCCC1NC(=O)c1cccc(Cl)c1Cl. The predicted octanol–water partition coefficient (Wildman–Crippen LogP) is 2.99. The lowest BCUT2D eigenvalue weighted by Crippen LogP contribution is -2.49. The summed E-state index contributed by atoms with van der Waals surface area (Å²) in [6.07, 6.45) is 4.10. The van der Waals surface area contributed by atoms with Crippen molar-refractivity contribution in [2.24, 2.45) is 5.73 Å². The van der Waals surface area contributed by atoms with Crippen LogP contribution < -0.4 is 11.1 Å². The molecule has 1 aromatic carbocycles. The molecule has 1 aliphatic rings. The molecule has 3 N–H and O–H groups in total. The number of carbonyl (C=O) groups is 1. The molecule has 0 heterocycles. The van der Waals surface area contributed by atoms with Crippen LogP contribution in [0.15, 0.2) is 18.2 Å². The van der Waals surface area contributed by atoms with Crippen LogP contribution in [-0.2, 0) is 0 Å². The fourth-order valence-corrected chi connectivity index (χ4v) is 2.65. The molecular formula is C13H16Cl2N2O. The number of hydrogen-bond donors (Lipinski definition) is 2. The highest BCUT2D eigenvalue weighted by molar-refractivity contribution is 6.43. The molecule has 0 spiro atoms. The van der Waals surface area contributed by atoms with Gasteiger partial charge in [-0.2, -0.15) is 0 Å². The molecule has 1 fully saturated rings. The number of nitrogens with two attached hydrogens (primary N) is 1. The Labute approximate surface area is 117 Å². The molecule has 5 heteroatoms. The average Bonchev–Trinajstić information content (AvgIpc) is 2.35. The van der Waals surface area contributed by atoms with E-state index in [4.69, 9.17) is 28.9 Å². The zero-order valence-corrected chi connectivity index (χ0v) is 11.5. The third-order valence-corrected chi connectivity index (χ3v) is 4.15. The molecule has 18 heavy (non-hydrogen) atoms. The number of hydrogen-bond acceptors (Lipinski definition) is 2. The van der Waals surface area contributed by atoms with Gasteiger partial charge in [-0.1, -0.05) is 42.1 Å². The highest BCUT2D eigenvalue weighted by atomic mass is 35.5. The number of rotatable bonds is 2. The number of amides is 1. The van der Waals surface area contributed by atoms with Crippen molar-refractivity contribution in [3.05, 3.63) is 33.8 Å². The van der Waals surface area contributed by atoms with E-state index in [0.717, 1.165) is 25.7 Å². The molecule has 98 valence electrons. The first kappa shape index (κ1) is 13.7. The van der Waals surface area contributed by atoms with Gasteiger partial charge >= 0.3 is 0 Å². The van der Waals surface area contributed by atoms with Gasteiger partial charge in [-0.3, -0.25) is 4.79 Å². The molecule has 1 amide bonds. The van der Waals surface area contributed by atoms with E-state index < -0.39 is 0 Å². The molecule has 2 unspecified atom stereocenters. The van der Waals surface area contributed by atoms with Crippen LogP contribution in [0.3, 0.4) is 0 Å². The molecule has 0 saturated heterocycles. The Bertz CT molecular complexity index is 451. The van der Waals surface area contributed by atoms with E-state index in [1.54, 1.807) is 18.2 Å². The Morgan fingerprint density at radius 2 is 2.00 bits per heavy atom. The van der Waals surface area contributed by atoms with Crippen molar-refractivity contribution in [2.75, 3.05) is 0 Å². The van der Waals surface area contributed by atoms with Crippen LogP contribution in [0, 0.1) is 0 Å². The second-order valence-electron chi connectivity index (χ2n) is 4.63. The maximum absolute atomic E-state index is 12.1. The second kappa shape index (κ2) is 5.91. The lowest BCUT2D eigenvalue weighted by Gasteiger charge is -2.29. The largest absolute Gasteiger partial charge is 0.348 e. The Kier molecular flexibility index (Phi) is 4.49. The van der Waals surface area contributed by atoms with Gasteiger partial charge in [0.1, 0.15) is 0 Å². The Hall–Kier alpha value is -0.770. The van der Waals surface area contributed by atoms with Crippen molar-refractivity contribution in [1.29, 1.82) is 0 Å². The third-order valence-electron chi connectivity index (χ3n) is 3.33. The van der Waals surface area contributed by atoms with Gasteiger partial charge in [-0.25, -0.2) is 0 Å². The molecule has 0 aromatic heterocycles. The van der Waals surface area contributed by atoms with E-state index >= 15 is 0 Å². The maximum Gasteiger partial charge on any atom is 0.253 e. The normalized spacial score (nSPS) is 23.7. The predicted molar refractivity (Wildman–Crippen MR) is 74.2 cm³/mol. The van der Waals surface area contributed by atoms with Gasteiger partial charge < -0.3 is 11.1 Å². The van der Waals surface area contributed by atoms with Gasteiger partial charge in [-0.05, 0) is 25.0 Å². The maximum atomic E-state index is 12.1. The van der Waals surface area contributed by atoms with Crippen molar-refractivity contribution in [2.45, 2.75) is 37.8 Å². The van der Waals surface area contributed by atoms with Gasteiger partial charge in [0, 0.05) is 12.1 Å². The third kappa shape index (κ3) is 2.97. The van der Waals surface area contributed by atoms with Crippen molar-refractivity contribution in [3.63, 3.8) is 0 Å². The topological polar surface area (TPSA) is 55.1 Å². The van der Waals surface area contributed by atoms with Crippen molar-refractivity contribution >= 4 is 29.1 Å². The van der Waals surface area contributed by atoms with E-state index in [1.807, 2.05) is 0 Å². The summed E-state index contributed by atoms with van der Waals surface area (Å²) in [5, 5.41) is 3.62. The highest BCUT2D eigenvalue weighted by Gasteiger charge is 2.24. The summed E-state index contributed by atoms with van der Waals surface area (Å²) in [6, 6.07) is 5.09. The van der Waals surface area contributed by atoms with Crippen LogP contribution in [0.1, 0.15) is 36.0 Å². The van der Waals surface area contributed by atoms with Gasteiger partial charge in [0.2, 0.25) is 0 Å². The zero-order chi connectivity index (χ0) is 13.1. The summed E-state index contributed by atoms with van der Waals surface area (Å²) in [5.74, 6) is -0.204. The standard InChI is InChI=1S/C13H16Cl2N2O/c14-9-5-3-4-8(12(9)15)13(18)17-11-7-2-1-6-10(11)16/h3-5,10-11H,1-2,6-7,16H2,(H,17,18). The van der Waals surface area contributed by atoms with E-state index in [-0.39, 0.29) is 18.0 Å². The van der Waals surface area contributed by atoms with E-state index in [9.17, 15) is 4.79 Å². The smallest absolute Gasteiger partial charge is 0.253 e. The fourth-order valence-electron chi connectivity index (χ4n) is 2.26. The summed E-state index contributed by atoms with van der Waals surface area (Å²) in [6.45, 7) is 0. The van der Waals surface area contributed by atoms with E-state index in [2.05, 4.69) is 5.32 Å². The van der Waals surface area contributed by atoms with E-state index in [0.29, 0.717) is 15.6 Å². The summed E-state index contributed by atoms with van der Waals surface area (Å²) in [4.78, 5) is 12.1. The van der Waals surface area contributed by atoms with Crippen LogP contribution in [0.4, 0.5) is 0 Å². The summed E-state index contributed by atoms with van der Waals surface area (Å²) in [7, 11) is 0. The molecule has 2 atom stereocenters. The zero-order valence-electron chi connectivity index (χ0n) is 9.96. The number of nitrogens with one attached hydrogen (secondary N) is 1. The van der Waals surface area contributed by atoms with Crippen molar-refractivity contribution in [3.8, 4) is 0 Å². The van der Waals surface area contributed by atoms with Crippen LogP contribution in [0.2, 0.25) is 10.0 Å². The highest BCUT2D eigenvalue weighted by Crippen LogP contribution is 2.26. The lowest BCUT2D eigenvalue weighted by molar-refractivity contribution is 0.0921. The molecule has 0 bridgehead atoms. The monoisotopic (exact) mass is 286 g/mol. The van der Waals surface area contributed by atoms with Crippen LogP contribution >= 0.6 is 23.2 Å². The quantitative estimate of drug-likeness (QED) is 0.878. The summed E-state index contributed by atoms with van der Waals surface area (Å²) in [5.41, 5.74) is 6.40. The molecule has 3 nitrogen and oxygen atoms in total. The van der Waals surface area contributed by atoms with Crippen LogP contribution in [-0.4, -0.2) is 18.0 Å². The minimum Gasteiger partial charge on any atom is -0.348 e. The minimum absolute atomic E-state index is 0.0284. The minimum atomic E-state index is -0.204. The molecule has 1 aliphatic carbocycles. The lowest BCUT2D eigenvalue weighted by atomic mass is 9.91. The van der Waals surface area contributed by atoms with Crippen LogP contribution in [0.5, 0.6) is 0 Å². The molecule has 2 rings (SSSR count). The molecule has 1 aromatic rings. The average molecular weight is 287 g/mol. The second-order valence-corrected chi connectivity index (χ2v) is 5.41. The summed E-state index contributed by atoms with van der Waals surface area (Å²) >= 11 is 11.9. The Balaban J connectivity index is 2.09. The molecular weight excluding hydrogens is 271 g/mol. The van der Waals surface area contributed by atoms with Gasteiger partial charge in [0.15, 0.2) is 0 Å². The van der Waals surface area contributed by atoms with E-state index in [1.165, 1.54) is 0 Å². The van der Waals surface area contributed by atoms with Gasteiger partial charge in [0.05, 0.1) is 15.6 Å². The molecule has 0 radical (unpaired) electrons. The van der Waals surface area contributed by atoms with Crippen molar-refractivity contribution < 1.29 is 4.79 Å². The fraction of sp³-hybridized carbons (Fsp3) is 0.462. The first-order valence-electron chi connectivity index (χ1n) is 6.10.